The van der Waals surface area contributed by atoms with Crippen LogP contribution in [0, 0.1) is 0 Å². The van der Waals surface area contributed by atoms with Crippen LogP contribution in [0.15, 0.2) is 24.5 Å². The molecule has 6 nitrogen and oxygen atoms in total. The molecule has 6 heteroatoms. The van der Waals surface area contributed by atoms with Crippen LogP contribution < -0.4 is 0 Å². The fourth-order valence-corrected chi connectivity index (χ4v) is 3.33. The minimum Gasteiger partial charge on any atom is -0.375 e. The van der Waals surface area contributed by atoms with E-state index in [0.717, 1.165) is 12.0 Å². The van der Waals surface area contributed by atoms with Crippen molar-refractivity contribution in [2.45, 2.75) is 31.5 Å². The average molecular weight is 289 g/mol. The van der Waals surface area contributed by atoms with Crippen LogP contribution in [0.5, 0.6) is 0 Å². The van der Waals surface area contributed by atoms with E-state index < -0.39 is 0 Å². The van der Waals surface area contributed by atoms with Gasteiger partial charge in [0.1, 0.15) is 6.61 Å². The Morgan fingerprint density at radius 2 is 2.14 bits per heavy atom. The van der Waals surface area contributed by atoms with Gasteiger partial charge in [-0.2, -0.15) is 0 Å². The molecule has 21 heavy (non-hydrogen) atoms. The number of ether oxygens (including phenoxy) is 1. The van der Waals surface area contributed by atoms with E-state index in [1.807, 2.05) is 17.0 Å². The molecule has 0 saturated carbocycles. The van der Waals surface area contributed by atoms with Gasteiger partial charge in [0.15, 0.2) is 0 Å². The minimum atomic E-state index is -0.0245. The number of hydrogen-bond acceptors (Lipinski definition) is 4. The molecule has 0 bridgehead atoms. The van der Waals surface area contributed by atoms with Crippen LogP contribution >= 0.6 is 0 Å². The summed E-state index contributed by atoms with van der Waals surface area (Å²) in [6, 6.07) is 3.97. The van der Waals surface area contributed by atoms with Crippen molar-refractivity contribution in [3.05, 3.63) is 30.1 Å². The van der Waals surface area contributed by atoms with E-state index in [0.29, 0.717) is 19.5 Å². The van der Waals surface area contributed by atoms with E-state index in [-0.39, 0.29) is 30.5 Å². The number of nitrogens with zero attached hydrogens (tertiary/aromatic N) is 3. The van der Waals surface area contributed by atoms with Crippen molar-refractivity contribution in [2.75, 3.05) is 20.3 Å². The zero-order chi connectivity index (χ0) is 14.8. The molecule has 2 saturated heterocycles. The maximum Gasteiger partial charge on any atom is 0.248 e. The lowest BCUT2D eigenvalue weighted by Crippen LogP contribution is -2.41. The SMILES string of the molecule is COCC(=O)N1CC[C@@H]2[C@@H]1CC(=O)N2Cc1ccncc1. The number of rotatable bonds is 4. The fourth-order valence-electron chi connectivity index (χ4n) is 3.33. The first kappa shape index (κ1) is 14.0. The van der Waals surface area contributed by atoms with Gasteiger partial charge in [0, 0.05) is 39.0 Å². The molecule has 2 aliphatic heterocycles. The molecule has 1 aromatic rings. The first-order valence-corrected chi connectivity index (χ1v) is 7.17. The van der Waals surface area contributed by atoms with Crippen molar-refractivity contribution in [3.63, 3.8) is 0 Å². The third-order valence-electron chi connectivity index (χ3n) is 4.31. The lowest BCUT2D eigenvalue weighted by atomic mass is 10.1. The predicted molar refractivity (Wildman–Crippen MR) is 75.2 cm³/mol. The van der Waals surface area contributed by atoms with E-state index in [1.54, 1.807) is 17.3 Å². The quantitative estimate of drug-likeness (QED) is 0.806. The number of amides is 2. The molecular formula is C15H19N3O3. The molecule has 3 heterocycles. The number of carbonyl (C=O) groups is 2. The maximum absolute atomic E-state index is 12.3. The van der Waals surface area contributed by atoms with Gasteiger partial charge in [-0.15, -0.1) is 0 Å². The standard InChI is InChI=1S/C15H19N3O3/c1-21-10-15(20)17-7-4-12-13(17)8-14(19)18(12)9-11-2-5-16-6-3-11/h2-3,5-6,12-13H,4,7-10H2,1H3/t12-,13+/m1/s1. The second-order valence-corrected chi connectivity index (χ2v) is 5.52. The summed E-state index contributed by atoms with van der Waals surface area (Å²) in [6.45, 7) is 1.38. The molecule has 0 radical (unpaired) electrons. The molecule has 2 atom stereocenters. The molecule has 0 N–H and O–H groups in total. The molecule has 0 spiro atoms. The topological polar surface area (TPSA) is 62.7 Å². The lowest BCUT2D eigenvalue weighted by Gasteiger charge is -2.25. The van der Waals surface area contributed by atoms with E-state index >= 15 is 0 Å². The Kier molecular flexibility index (Phi) is 3.88. The van der Waals surface area contributed by atoms with Crippen LogP contribution in [-0.2, 0) is 20.9 Å². The Bertz CT molecular complexity index is 534. The van der Waals surface area contributed by atoms with Crippen LogP contribution in [0.25, 0.3) is 0 Å². The molecule has 1 aromatic heterocycles. The van der Waals surface area contributed by atoms with Crippen molar-refractivity contribution in [1.82, 2.24) is 14.8 Å². The molecule has 112 valence electrons. The van der Waals surface area contributed by atoms with Crippen LogP contribution in [0.3, 0.4) is 0 Å². The highest BCUT2D eigenvalue weighted by Crippen LogP contribution is 2.33. The van der Waals surface area contributed by atoms with Crippen molar-refractivity contribution < 1.29 is 14.3 Å². The number of methoxy groups -OCH3 is 1. The van der Waals surface area contributed by atoms with Crippen molar-refractivity contribution in [3.8, 4) is 0 Å². The van der Waals surface area contributed by atoms with Gasteiger partial charge >= 0.3 is 0 Å². The second kappa shape index (κ2) is 5.81. The van der Waals surface area contributed by atoms with Gasteiger partial charge in [-0.05, 0) is 24.1 Å². The van der Waals surface area contributed by atoms with E-state index in [1.165, 1.54) is 7.11 Å². The van der Waals surface area contributed by atoms with Gasteiger partial charge in [-0.1, -0.05) is 0 Å². The molecule has 2 amide bonds. The van der Waals surface area contributed by atoms with Crippen LogP contribution in [-0.4, -0.2) is 58.9 Å². The zero-order valence-corrected chi connectivity index (χ0v) is 12.1. The second-order valence-electron chi connectivity index (χ2n) is 5.52. The fraction of sp³-hybridized carbons (Fsp3) is 0.533. The predicted octanol–water partition coefficient (Wildman–Crippen LogP) is 0.430. The van der Waals surface area contributed by atoms with E-state index in [4.69, 9.17) is 4.74 Å². The monoisotopic (exact) mass is 289 g/mol. The summed E-state index contributed by atoms with van der Waals surface area (Å²) >= 11 is 0. The van der Waals surface area contributed by atoms with Crippen LogP contribution in [0.1, 0.15) is 18.4 Å². The Morgan fingerprint density at radius 3 is 2.86 bits per heavy atom. The van der Waals surface area contributed by atoms with Gasteiger partial charge in [-0.3, -0.25) is 14.6 Å². The largest absolute Gasteiger partial charge is 0.375 e. The number of likely N-dealkylation sites (tertiary alicyclic amines) is 2. The van der Waals surface area contributed by atoms with E-state index in [2.05, 4.69) is 4.98 Å². The number of fused-ring (bicyclic) bond motifs is 1. The summed E-state index contributed by atoms with van der Waals surface area (Å²) < 4.78 is 4.92. The summed E-state index contributed by atoms with van der Waals surface area (Å²) in [4.78, 5) is 32.0. The van der Waals surface area contributed by atoms with Gasteiger partial charge in [-0.25, -0.2) is 0 Å². The summed E-state index contributed by atoms with van der Waals surface area (Å²) in [5.74, 6) is 0.0975. The average Bonchev–Trinajstić information content (AvgIpc) is 3.01. The highest BCUT2D eigenvalue weighted by Gasteiger charge is 2.47. The summed E-state index contributed by atoms with van der Waals surface area (Å²) in [7, 11) is 1.51. The third kappa shape index (κ3) is 2.63. The van der Waals surface area contributed by atoms with Crippen LogP contribution in [0.4, 0.5) is 0 Å². The Hall–Kier alpha value is -1.95. The third-order valence-corrected chi connectivity index (χ3v) is 4.31. The molecule has 0 unspecified atom stereocenters. The summed E-state index contributed by atoms with van der Waals surface area (Å²) in [6.07, 6.45) is 4.73. The van der Waals surface area contributed by atoms with Gasteiger partial charge in [0.2, 0.25) is 11.8 Å². The Labute approximate surface area is 123 Å². The normalized spacial score (nSPS) is 24.5. The zero-order valence-electron chi connectivity index (χ0n) is 12.1. The first-order valence-electron chi connectivity index (χ1n) is 7.17. The highest BCUT2D eigenvalue weighted by atomic mass is 16.5. The first-order chi connectivity index (χ1) is 10.2. The molecule has 3 rings (SSSR count). The number of carbonyl (C=O) groups excluding carboxylic acids is 2. The number of aromatic nitrogens is 1. The Morgan fingerprint density at radius 1 is 1.38 bits per heavy atom. The number of hydrogen-bond donors (Lipinski definition) is 0. The van der Waals surface area contributed by atoms with Gasteiger partial charge in [0.25, 0.3) is 0 Å². The lowest BCUT2D eigenvalue weighted by molar-refractivity contribution is -0.136. The summed E-state index contributed by atoms with van der Waals surface area (Å²) in [5.41, 5.74) is 1.07. The summed E-state index contributed by atoms with van der Waals surface area (Å²) in [5, 5.41) is 0. The molecular weight excluding hydrogens is 270 g/mol. The molecule has 0 aromatic carbocycles. The van der Waals surface area contributed by atoms with E-state index in [9.17, 15) is 9.59 Å². The maximum atomic E-state index is 12.3. The number of pyridine rings is 1. The minimum absolute atomic E-state index is 0.00184. The molecule has 2 aliphatic rings. The smallest absolute Gasteiger partial charge is 0.248 e. The van der Waals surface area contributed by atoms with Crippen LogP contribution in [0.2, 0.25) is 0 Å². The van der Waals surface area contributed by atoms with Crippen molar-refractivity contribution >= 4 is 11.8 Å². The highest BCUT2D eigenvalue weighted by molar-refractivity contribution is 5.84. The van der Waals surface area contributed by atoms with Gasteiger partial charge < -0.3 is 14.5 Å². The Balaban J connectivity index is 1.72. The molecule has 2 fully saturated rings. The van der Waals surface area contributed by atoms with Gasteiger partial charge in [0.05, 0.1) is 12.1 Å². The van der Waals surface area contributed by atoms with Crippen molar-refractivity contribution in [1.29, 1.82) is 0 Å². The van der Waals surface area contributed by atoms with Crippen molar-refractivity contribution in [2.24, 2.45) is 0 Å². The molecule has 0 aliphatic carbocycles.